The summed E-state index contributed by atoms with van der Waals surface area (Å²) in [4.78, 5) is 12.2. The van der Waals surface area contributed by atoms with Gasteiger partial charge in [-0.25, -0.2) is 8.42 Å². The summed E-state index contributed by atoms with van der Waals surface area (Å²) in [5.41, 5.74) is 6.72. The lowest BCUT2D eigenvalue weighted by Crippen LogP contribution is -2.47. The fourth-order valence-electron chi connectivity index (χ4n) is 2.67. The van der Waals surface area contributed by atoms with Gasteiger partial charge < -0.3 is 11.1 Å². The highest BCUT2D eigenvalue weighted by atomic mass is 35.5. The minimum atomic E-state index is -3.12. The highest BCUT2D eigenvalue weighted by molar-refractivity contribution is 7.90. The van der Waals surface area contributed by atoms with Crippen molar-refractivity contribution in [3.05, 3.63) is 34.9 Å². The predicted molar refractivity (Wildman–Crippen MR) is 106 cm³/mol. The van der Waals surface area contributed by atoms with E-state index in [-0.39, 0.29) is 35.9 Å². The summed E-state index contributed by atoms with van der Waals surface area (Å²) in [7, 11) is -3.12. The van der Waals surface area contributed by atoms with Crippen LogP contribution >= 0.6 is 24.0 Å². The van der Waals surface area contributed by atoms with E-state index in [1.807, 2.05) is 24.3 Å². The number of nitrogens with two attached hydrogens (primary N) is 1. The number of amides is 1. The predicted octanol–water partition coefficient (Wildman–Crippen LogP) is 2.70. The summed E-state index contributed by atoms with van der Waals surface area (Å²) < 4.78 is 22.4. The second-order valence-electron chi connectivity index (χ2n) is 6.24. The van der Waals surface area contributed by atoms with E-state index in [1.165, 1.54) is 0 Å². The molecule has 0 radical (unpaired) electrons. The molecular formula is C17H28Cl2N2O3S. The Balaban J connectivity index is 0.00000576. The van der Waals surface area contributed by atoms with Gasteiger partial charge in [-0.05, 0) is 37.0 Å². The molecular weight excluding hydrogens is 383 g/mol. The Morgan fingerprint density at radius 3 is 2.20 bits per heavy atom. The van der Waals surface area contributed by atoms with Crippen molar-refractivity contribution in [3.63, 3.8) is 0 Å². The highest BCUT2D eigenvalue weighted by Gasteiger charge is 2.29. The summed E-state index contributed by atoms with van der Waals surface area (Å²) in [5.74, 6) is -0.412. The van der Waals surface area contributed by atoms with Crippen molar-refractivity contribution in [2.75, 3.05) is 18.6 Å². The maximum atomic E-state index is 12.2. The number of carbonyl (C=O) groups excluding carboxylic acids is 1. The van der Waals surface area contributed by atoms with Gasteiger partial charge in [-0.3, -0.25) is 4.79 Å². The number of rotatable bonds is 9. The second kappa shape index (κ2) is 10.4. The van der Waals surface area contributed by atoms with Crippen LogP contribution in [0.15, 0.2) is 24.3 Å². The van der Waals surface area contributed by atoms with Gasteiger partial charge in [0.25, 0.3) is 0 Å². The molecule has 0 saturated heterocycles. The normalized spacial score (nSPS) is 13.0. The first-order valence-corrected chi connectivity index (χ1v) is 10.5. The molecule has 1 atom stereocenters. The monoisotopic (exact) mass is 410 g/mol. The lowest BCUT2D eigenvalue weighted by Gasteiger charge is -2.33. The SMILES string of the molecule is CCC(CC)(CNC(=O)C(N)CCS(C)(=O)=O)c1ccc(Cl)cc1.Cl. The molecule has 0 aliphatic rings. The van der Waals surface area contributed by atoms with Gasteiger partial charge in [0.2, 0.25) is 5.91 Å². The van der Waals surface area contributed by atoms with Gasteiger partial charge in [0, 0.05) is 23.2 Å². The van der Waals surface area contributed by atoms with Crippen LogP contribution < -0.4 is 11.1 Å². The zero-order valence-corrected chi connectivity index (χ0v) is 17.3. The molecule has 1 amide bonds. The molecule has 3 N–H and O–H groups in total. The van der Waals surface area contributed by atoms with Crippen molar-refractivity contribution >= 4 is 39.8 Å². The molecule has 0 heterocycles. The molecule has 0 aromatic heterocycles. The average molecular weight is 411 g/mol. The minimum absolute atomic E-state index is 0. The van der Waals surface area contributed by atoms with E-state index >= 15 is 0 Å². The van der Waals surface area contributed by atoms with Gasteiger partial charge in [-0.15, -0.1) is 12.4 Å². The first-order valence-electron chi connectivity index (χ1n) is 8.10. The Morgan fingerprint density at radius 1 is 1.24 bits per heavy atom. The summed E-state index contributed by atoms with van der Waals surface area (Å²) in [6, 6.07) is 6.82. The molecule has 1 unspecified atom stereocenters. The van der Waals surface area contributed by atoms with Crippen molar-refractivity contribution in [1.29, 1.82) is 0 Å². The molecule has 1 rings (SSSR count). The van der Waals surface area contributed by atoms with Gasteiger partial charge in [0.05, 0.1) is 11.8 Å². The second-order valence-corrected chi connectivity index (χ2v) is 8.93. The topological polar surface area (TPSA) is 89.3 Å². The van der Waals surface area contributed by atoms with Crippen LogP contribution in [0.5, 0.6) is 0 Å². The van der Waals surface area contributed by atoms with Crippen molar-refractivity contribution in [2.45, 2.75) is 44.6 Å². The Labute approximate surface area is 162 Å². The van der Waals surface area contributed by atoms with Crippen molar-refractivity contribution in [2.24, 2.45) is 5.73 Å². The number of nitrogens with one attached hydrogen (secondary N) is 1. The van der Waals surface area contributed by atoms with E-state index in [9.17, 15) is 13.2 Å². The third-order valence-corrected chi connectivity index (χ3v) is 5.78. The average Bonchev–Trinajstić information content (AvgIpc) is 2.54. The molecule has 0 spiro atoms. The first-order chi connectivity index (χ1) is 11.1. The number of hydrogen-bond acceptors (Lipinski definition) is 4. The molecule has 25 heavy (non-hydrogen) atoms. The summed E-state index contributed by atoms with van der Waals surface area (Å²) in [6.07, 6.45) is 2.96. The van der Waals surface area contributed by atoms with E-state index in [4.69, 9.17) is 17.3 Å². The quantitative estimate of drug-likeness (QED) is 0.654. The zero-order valence-electron chi connectivity index (χ0n) is 14.9. The van der Waals surface area contributed by atoms with Crippen LogP contribution in [0.4, 0.5) is 0 Å². The van der Waals surface area contributed by atoms with Gasteiger partial charge in [0.1, 0.15) is 9.84 Å². The van der Waals surface area contributed by atoms with Crippen molar-refractivity contribution in [3.8, 4) is 0 Å². The number of sulfone groups is 1. The van der Waals surface area contributed by atoms with E-state index in [1.54, 1.807) is 0 Å². The van der Waals surface area contributed by atoms with Gasteiger partial charge >= 0.3 is 0 Å². The van der Waals surface area contributed by atoms with Crippen LogP contribution in [0.3, 0.4) is 0 Å². The third kappa shape index (κ3) is 7.52. The Hall–Kier alpha value is -0.820. The van der Waals surface area contributed by atoms with Crippen LogP contribution in [0.1, 0.15) is 38.7 Å². The minimum Gasteiger partial charge on any atom is -0.354 e. The summed E-state index contributed by atoms with van der Waals surface area (Å²) in [5, 5.41) is 3.56. The van der Waals surface area contributed by atoms with Gasteiger partial charge in [-0.1, -0.05) is 37.6 Å². The molecule has 0 fully saturated rings. The van der Waals surface area contributed by atoms with E-state index in [0.29, 0.717) is 11.6 Å². The Morgan fingerprint density at radius 2 is 1.76 bits per heavy atom. The van der Waals surface area contributed by atoms with Crippen LogP contribution in [-0.4, -0.2) is 38.9 Å². The molecule has 8 heteroatoms. The summed E-state index contributed by atoms with van der Waals surface area (Å²) in [6.45, 7) is 4.61. The maximum absolute atomic E-state index is 12.2. The standard InChI is InChI=1S/C17H27ClN2O3S.ClH/c1-4-17(5-2,13-6-8-14(18)9-7-13)12-20-16(21)15(19)10-11-24(3,22)23;/h6-9,15H,4-5,10-12,19H2,1-3H3,(H,20,21);1H. The smallest absolute Gasteiger partial charge is 0.236 e. The summed E-state index contributed by atoms with van der Waals surface area (Å²) >= 11 is 5.95. The lowest BCUT2D eigenvalue weighted by atomic mass is 9.75. The number of benzene rings is 1. The van der Waals surface area contributed by atoms with Crippen LogP contribution in [0.2, 0.25) is 5.02 Å². The largest absolute Gasteiger partial charge is 0.354 e. The van der Waals surface area contributed by atoms with E-state index in [2.05, 4.69) is 19.2 Å². The molecule has 0 aliphatic heterocycles. The number of hydrogen-bond donors (Lipinski definition) is 2. The zero-order chi connectivity index (χ0) is 18.4. The molecule has 1 aromatic carbocycles. The molecule has 0 bridgehead atoms. The van der Waals surface area contributed by atoms with E-state index in [0.717, 1.165) is 24.7 Å². The first kappa shape index (κ1) is 24.2. The molecule has 0 aliphatic carbocycles. The number of halogens is 2. The highest BCUT2D eigenvalue weighted by Crippen LogP contribution is 2.31. The number of carbonyl (C=O) groups is 1. The van der Waals surface area contributed by atoms with Crippen molar-refractivity contribution in [1.82, 2.24) is 5.32 Å². The molecule has 1 aromatic rings. The third-order valence-electron chi connectivity index (χ3n) is 4.55. The fourth-order valence-corrected chi connectivity index (χ4v) is 3.48. The fraction of sp³-hybridized carbons (Fsp3) is 0.588. The van der Waals surface area contributed by atoms with Gasteiger partial charge in [-0.2, -0.15) is 0 Å². The van der Waals surface area contributed by atoms with Crippen LogP contribution in [0, 0.1) is 0 Å². The van der Waals surface area contributed by atoms with Crippen molar-refractivity contribution < 1.29 is 13.2 Å². The van der Waals surface area contributed by atoms with Gasteiger partial charge in [0.15, 0.2) is 0 Å². The Bertz CT molecular complexity index is 644. The Kier molecular flexibility index (Phi) is 10.0. The maximum Gasteiger partial charge on any atom is 0.236 e. The van der Waals surface area contributed by atoms with E-state index < -0.39 is 15.9 Å². The molecule has 5 nitrogen and oxygen atoms in total. The molecule has 144 valence electrons. The molecule has 0 saturated carbocycles. The lowest BCUT2D eigenvalue weighted by molar-refractivity contribution is -0.122. The van der Waals surface area contributed by atoms with Crippen LogP contribution in [-0.2, 0) is 20.0 Å². The van der Waals surface area contributed by atoms with Crippen LogP contribution in [0.25, 0.3) is 0 Å².